The molecular weight excluding hydrogens is 304 g/mol. The van der Waals surface area contributed by atoms with Gasteiger partial charge in [0.2, 0.25) is 0 Å². The van der Waals surface area contributed by atoms with Crippen molar-refractivity contribution in [3.63, 3.8) is 0 Å². The first-order valence-corrected chi connectivity index (χ1v) is 8.36. The van der Waals surface area contributed by atoms with E-state index in [1.165, 1.54) is 12.8 Å². The van der Waals surface area contributed by atoms with Gasteiger partial charge in [0, 0.05) is 25.8 Å². The fourth-order valence-electron chi connectivity index (χ4n) is 3.19. The van der Waals surface area contributed by atoms with Crippen LogP contribution in [-0.4, -0.2) is 57.0 Å². The topological polar surface area (TPSA) is 75.9 Å². The van der Waals surface area contributed by atoms with Crippen molar-refractivity contribution < 1.29 is 4.79 Å². The molecule has 0 radical (unpaired) electrons. The number of likely N-dealkylation sites (tertiary alicyclic amines) is 1. The SMILES string of the molecule is CC1(C)CCCN(CCNC(=O)c2cncc(-n3ccnn3)c2)C1. The molecule has 3 heterocycles. The molecule has 0 aliphatic carbocycles. The van der Waals surface area contributed by atoms with E-state index in [1.54, 1.807) is 35.5 Å². The second-order valence-corrected chi connectivity index (χ2v) is 7.08. The van der Waals surface area contributed by atoms with Crippen LogP contribution in [0.15, 0.2) is 30.9 Å². The lowest BCUT2D eigenvalue weighted by molar-refractivity contribution is 0.0925. The van der Waals surface area contributed by atoms with Gasteiger partial charge >= 0.3 is 0 Å². The molecule has 1 amide bonds. The molecule has 24 heavy (non-hydrogen) atoms. The number of aromatic nitrogens is 4. The van der Waals surface area contributed by atoms with E-state index in [0.717, 1.165) is 25.3 Å². The van der Waals surface area contributed by atoms with Crippen LogP contribution in [0.25, 0.3) is 5.69 Å². The molecule has 1 saturated heterocycles. The third kappa shape index (κ3) is 4.17. The maximum absolute atomic E-state index is 12.3. The number of pyridine rings is 1. The Balaban J connectivity index is 1.53. The Hall–Kier alpha value is -2.28. The van der Waals surface area contributed by atoms with E-state index >= 15 is 0 Å². The van der Waals surface area contributed by atoms with Gasteiger partial charge in [-0.15, -0.1) is 5.10 Å². The van der Waals surface area contributed by atoms with Crippen LogP contribution in [0.2, 0.25) is 0 Å². The molecule has 1 aliphatic heterocycles. The molecule has 1 aliphatic rings. The molecule has 2 aromatic heterocycles. The van der Waals surface area contributed by atoms with Crippen molar-refractivity contribution in [2.75, 3.05) is 26.2 Å². The molecule has 2 aromatic rings. The van der Waals surface area contributed by atoms with Gasteiger partial charge < -0.3 is 10.2 Å². The lowest BCUT2D eigenvalue weighted by Gasteiger charge is -2.38. The zero-order valence-corrected chi connectivity index (χ0v) is 14.3. The smallest absolute Gasteiger partial charge is 0.252 e. The Labute approximate surface area is 142 Å². The summed E-state index contributed by atoms with van der Waals surface area (Å²) in [6.45, 7) is 8.33. The van der Waals surface area contributed by atoms with Crippen LogP contribution < -0.4 is 5.32 Å². The fourth-order valence-corrected chi connectivity index (χ4v) is 3.19. The van der Waals surface area contributed by atoms with E-state index in [0.29, 0.717) is 17.5 Å². The summed E-state index contributed by atoms with van der Waals surface area (Å²) in [4.78, 5) is 18.9. The van der Waals surface area contributed by atoms with Gasteiger partial charge in [0.15, 0.2) is 0 Å². The molecule has 0 spiro atoms. The minimum atomic E-state index is -0.110. The third-order valence-corrected chi connectivity index (χ3v) is 4.37. The summed E-state index contributed by atoms with van der Waals surface area (Å²) in [7, 11) is 0. The number of nitrogens with one attached hydrogen (secondary N) is 1. The van der Waals surface area contributed by atoms with E-state index in [1.807, 2.05) is 0 Å². The number of hydrogen-bond acceptors (Lipinski definition) is 5. The predicted molar refractivity (Wildman–Crippen MR) is 90.9 cm³/mol. The molecule has 0 bridgehead atoms. The molecular formula is C17H24N6O. The summed E-state index contributed by atoms with van der Waals surface area (Å²) < 4.78 is 1.58. The van der Waals surface area contributed by atoms with Crippen molar-refractivity contribution in [3.05, 3.63) is 36.4 Å². The minimum absolute atomic E-state index is 0.110. The highest BCUT2D eigenvalue weighted by Crippen LogP contribution is 2.27. The average Bonchev–Trinajstić information content (AvgIpc) is 3.08. The summed E-state index contributed by atoms with van der Waals surface area (Å²) in [5.74, 6) is -0.110. The summed E-state index contributed by atoms with van der Waals surface area (Å²) in [6.07, 6.45) is 9.03. The first kappa shape index (κ1) is 16.6. The van der Waals surface area contributed by atoms with Crippen LogP contribution in [0.3, 0.4) is 0 Å². The fraction of sp³-hybridized carbons (Fsp3) is 0.529. The molecule has 0 aromatic carbocycles. The van der Waals surface area contributed by atoms with E-state index in [4.69, 9.17) is 0 Å². The summed E-state index contributed by atoms with van der Waals surface area (Å²) >= 11 is 0. The van der Waals surface area contributed by atoms with Gasteiger partial charge in [-0.2, -0.15) is 0 Å². The Bertz CT molecular complexity index is 682. The van der Waals surface area contributed by atoms with Gasteiger partial charge in [0.05, 0.1) is 29.8 Å². The highest BCUT2D eigenvalue weighted by molar-refractivity contribution is 5.94. The van der Waals surface area contributed by atoms with Crippen molar-refractivity contribution >= 4 is 5.91 Å². The van der Waals surface area contributed by atoms with Crippen molar-refractivity contribution in [1.29, 1.82) is 0 Å². The van der Waals surface area contributed by atoms with Gasteiger partial charge in [-0.05, 0) is 30.9 Å². The largest absolute Gasteiger partial charge is 0.351 e. The van der Waals surface area contributed by atoms with Crippen LogP contribution in [0.1, 0.15) is 37.0 Å². The zero-order chi connectivity index (χ0) is 17.0. The molecule has 0 unspecified atom stereocenters. The molecule has 1 N–H and O–H groups in total. The first-order valence-electron chi connectivity index (χ1n) is 8.36. The van der Waals surface area contributed by atoms with Crippen LogP contribution >= 0.6 is 0 Å². The standard InChI is InChI=1S/C17H24N6O/c1-17(2)4-3-7-22(13-17)8-5-19-16(24)14-10-15(12-18-11-14)23-9-6-20-21-23/h6,9-12H,3-5,7-8,13H2,1-2H3,(H,19,24). The Morgan fingerprint density at radius 3 is 3.00 bits per heavy atom. The number of carbonyl (C=O) groups excluding carboxylic acids is 1. The number of carbonyl (C=O) groups is 1. The van der Waals surface area contributed by atoms with Crippen LogP contribution in [-0.2, 0) is 0 Å². The molecule has 7 nitrogen and oxygen atoms in total. The van der Waals surface area contributed by atoms with Gasteiger partial charge in [0.1, 0.15) is 0 Å². The lowest BCUT2D eigenvalue weighted by atomic mass is 9.84. The quantitative estimate of drug-likeness (QED) is 0.900. The van der Waals surface area contributed by atoms with Crippen molar-refractivity contribution in [2.45, 2.75) is 26.7 Å². The highest BCUT2D eigenvalue weighted by atomic mass is 16.1. The normalized spacial score (nSPS) is 17.6. The number of rotatable bonds is 5. The Morgan fingerprint density at radius 1 is 1.38 bits per heavy atom. The van der Waals surface area contributed by atoms with Gasteiger partial charge in [-0.25, -0.2) is 4.68 Å². The summed E-state index contributed by atoms with van der Waals surface area (Å²) in [6, 6.07) is 1.76. The van der Waals surface area contributed by atoms with Crippen molar-refractivity contribution in [2.24, 2.45) is 5.41 Å². The van der Waals surface area contributed by atoms with E-state index in [-0.39, 0.29) is 5.91 Å². The number of nitrogens with zero attached hydrogens (tertiary/aromatic N) is 5. The van der Waals surface area contributed by atoms with Crippen LogP contribution in [0, 0.1) is 5.41 Å². The van der Waals surface area contributed by atoms with E-state index in [2.05, 4.69) is 39.4 Å². The van der Waals surface area contributed by atoms with E-state index < -0.39 is 0 Å². The summed E-state index contributed by atoms with van der Waals surface area (Å²) in [5.41, 5.74) is 1.62. The second-order valence-electron chi connectivity index (χ2n) is 7.08. The van der Waals surface area contributed by atoms with E-state index in [9.17, 15) is 4.79 Å². The maximum Gasteiger partial charge on any atom is 0.252 e. The predicted octanol–water partition coefficient (Wildman–Crippen LogP) is 1.51. The van der Waals surface area contributed by atoms with Gasteiger partial charge in [-0.3, -0.25) is 9.78 Å². The second kappa shape index (κ2) is 7.09. The van der Waals surface area contributed by atoms with Gasteiger partial charge in [0.25, 0.3) is 5.91 Å². The zero-order valence-electron chi connectivity index (χ0n) is 14.3. The van der Waals surface area contributed by atoms with Crippen molar-refractivity contribution in [1.82, 2.24) is 30.2 Å². The van der Waals surface area contributed by atoms with Crippen molar-refractivity contribution in [3.8, 4) is 5.69 Å². The lowest BCUT2D eigenvalue weighted by Crippen LogP contribution is -2.43. The molecule has 0 saturated carbocycles. The maximum atomic E-state index is 12.3. The molecule has 1 fully saturated rings. The molecule has 3 rings (SSSR count). The monoisotopic (exact) mass is 328 g/mol. The molecule has 128 valence electrons. The number of piperidine rings is 1. The van der Waals surface area contributed by atoms with Gasteiger partial charge in [-0.1, -0.05) is 19.1 Å². The number of amides is 1. The first-order chi connectivity index (χ1) is 11.5. The van der Waals surface area contributed by atoms with Crippen LogP contribution in [0.4, 0.5) is 0 Å². The van der Waals surface area contributed by atoms with Crippen LogP contribution in [0.5, 0.6) is 0 Å². The Kier molecular flexibility index (Phi) is 4.89. The third-order valence-electron chi connectivity index (χ3n) is 4.37. The summed E-state index contributed by atoms with van der Waals surface area (Å²) in [5, 5.41) is 10.7. The Morgan fingerprint density at radius 2 is 2.25 bits per heavy atom. The highest BCUT2D eigenvalue weighted by Gasteiger charge is 2.25. The molecule has 0 atom stereocenters. The molecule has 7 heteroatoms. The average molecular weight is 328 g/mol. The number of hydrogen-bond donors (Lipinski definition) is 1. The minimum Gasteiger partial charge on any atom is -0.351 e.